The molecule has 0 fully saturated rings. The molecule has 0 bridgehead atoms. The minimum absolute atomic E-state index is 0.0537. The van der Waals surface area contributed by atoms with Crippen molar-refractivity contribution in [2.75, 3.05) is 25.1 Å². The average molecular weight is 458 g/mol. The van der Waals surface area contributed by atoms with Crippen LogP contribution in [0.15, 0.2) is 18.3 Å². The molecular weight excluding hydrogens is 418 g/mol. The number of ether oxygens (including phenoxy) is 1. The number of fused-ring (bicyclic) bond motifs is 1. The minimum atomic E-state index is -0.934. The molecule has 0 atom stereocenters. The van der Waals surface area contributed by atoms with Crippen LogP contribution in [-0.4, -0.2) is 57.3 Å². The van der Waals surface area contributed by atoms with Crippen LogP contribution in [-0.2, 0) is 17.6 Å². The van der Waals surface area contributed by atoms with E-state index in [9.17, 15) is 9.90 Å². The van der Waals surface area contributed by atoms with Gasteiger partial charge in [-0.15, -0.1) is 0 Å². The lowest BCUT2D eigenvalue weighted by atomic mass is 10.1. The van der Waals surface area contributed by atoms with Crippen molar-refractivity contribution in [2.45, 2.75) is 78.9 Å². The molecule has 2 aromatic heterocycles. The molecule has 8 heteroatoms. The van der Waals surface area contributed by atoms with Crippen molar-refractivity contribution in [3.8, 4) is 17.3 Å². The summed E-state index contributed by atoms with van der Waals surface area (Å²) in [6.45, 7) is 13.6. The summed E-state index contributed by atoms with van der Waals surface area (Å²) in [6, 6.07) is 3.52. The van der Waals surface area contributed by atoms with E-state index in [2.05, 4.69) is 10.3 Å². The van der Waals surface area contributed by atoms with Gasteiger partial charge in [-0.05, 0) is 59.9 Å². The van der Waals surface area contributed by atoms with Crippen LogP contribution in [0.5, 0.6) is 5.75 Å². The highest BCUT2D eigenvalue weighted by atomic mass is 16.5. The van der Waals surface area contributed by atoms with Gasteiger partial charge in [-0.2, -0.15) is 0 Å². The molecule has 2 heterocycles. The lowest BCUT2D eigenvalue weighted by molar-refractivity contribution is -0.121. The quantitative estimate of drug-likeness (QED) is 0.656. The second kappa shape index (κ2) is 10.9. The first-order valence-corrected chi connectivity index (χ1v) is 11.6. The molecule has 0 radical (unpaired) electrons. The number of aliphatic hydroxyl groups is 1. The summed E-state index contributed by atoms with van der Waals surface area (Å²) in [6.07, 6.45) is 4.45. The number of hydrogen-bond acceptors (Lipinski definition) is 7. The molecule has 0 spiro atoms. The number of rotatable bonds is 7. The number of carbonyl (C=O) groups excluding carboxylic acids is 1. The first kappa shape index (κ1) is 26.5. The van der Waals surface area contributed by atoms with E-state index in [1.807, 2.05) is 46.6 Å². The number of hydrogen-bond donors (Lipinski definition) is 2. The zero-order valence-corrected chi connectivity index (χ0v) is 21.3. The third-order valence-electron chi connectivity index (χ3n) is 4.72. The van der Waals surface area contributed by atoms with E-state index in [4.69, 9.17) is 14.7 Å². The number of pyridine rings is 1. The molecule has 3 rings (SSSR count). The number of carbonyl (C=O) groups is 1. The Labute approximate surface area is 197 Å². The maximum Gasteiger partial charge on any atom is 0.239 e. The molecule has 2 N–H and O–H groups in total. The van der Waals surface area contributed by atoms with Crippen molar-refractivity contribution >= 4 is 11.7 Å². The molecule has 1 aliphatic rings. The van der Waals surface area contributed by atoms with Gasteiger partial charge >= 0.3 is 0 Å². The summed E-state index contributed by atoms with van der Waals surface area (Å²) >= 11 is 0. The van der Waals surface area contributed by atoms with Crippen LogP contribution in [0, 0.1) is 0 Å². The molecule has 2 aromatic rings. The van der Waals surface area contributed by atoms with Gasteiger partial charge in [-0.3, -0.25) is 9.78 Å². The highest BCUT2D eigenvalue weighted by molar-refractivity contribution is 5.82. The van der Waals surface area contributed by atoms with Crippen LogP contribution in [0.3, 0.4) is 0 Å². The van der Waals surface area contributed by atoms with E-state index in [-0.39, 0.29) is 24.6 Å². The molecule has 0 saturated heterocycles. The molecule has 33 heavy (non-hydrogen) atoms. The number of amides is 1. The zero-order chi connectivity index (χ0) is 24.8. The molecule has 182 valence electrons. The van der Waals surface area contributed by atoms with Crippen LogP contribution in [0.4, 0.5) is 5.82 Å². The van der Waals surface area contributed by atoms with Gasteiger partial charge in [0.05, 0.1) is 12.1 Å². The van der Waals surface area contributed by atoms with Crippen molar-refractivity contribution in [1.82, 2.24) is 20.3 Å². The Balaban J connectivity index is 0.00000187. The van der Waals surface area contributed by atoms with Crippen molar-refractivity contribution in [1.29, 1.82) is 0 Å². The maximum absolute atomic E-state index is 12.4. The van der Waals surface area contributed by atoms with Gasteiger partial charge in [0.25, 0.3) is 0 Å². The van der Waals surface area contributed by atoms with Crippen LogP contribution < -0.4 is 15.0 Å². The van der Waals surface area contributed by atoms with Crippen LogP contribution in [0.1, 0.15) is 66.1 Å². The third kappa shape index (κ3) is 7.96. The predicted octanol–water partition coefficient (Wildman–Crippen LogP) is 3.55. The summed E-state index contributed by atoms with van der Waals surface area (Å²) in [5, 5.41) is 12.9. The zero-order valence-electron chi connectivity index (χ0n) is 21.3. The van der Waals surface area contributed by atoms with E-state index in [1.54, 1.807) is 32.2 Å². The average Bonchev–Trinajstić information content (AvgIpc) is 3.20. The Bertz CT molecular complexity index is 948. The molecular formula is C25H39N5O3. The fraction of sp³-hybridized carbons (Fsp3) is 0.600. The number of aromatic nitrogens is 3. The maximum atomic E-state index is 12.4. The van der Waals surface area contributed by atoms with E-state index < -0.39 is 5.60 Å². The third-order valence-corrected chi connectivity index (χ3v) is 4.72. The SMILES string of the molecule is CC.CN(CC(=O)NC(C)(C)C)c1nc(-c2cc(OCC(C)(C)O)ccn2)nc2c1CCC2. The summed E-state index contributed by atoms with van der Waals surface area (Å²) in [5.41, 5.74) is 1.48. The topological polar surface area (TPSA) is 100 Å². The lowest BCUT2D eigenvalue weighted by Gasteiger charge is -2.25. The number of nitrogens with zero attached hydrogens (tertiary/aromatic N) is 4. The molecule has 1 amide bonds. The highest BCUT2D eigenvalue weighted by Gasteiger charge is 2.24. The van der Waals surface area contributed by atoms with Gasteiger partial charge in [0.15, 0.2) is 5.82 Å². The van der Waals surface area contributed by atoms with Crippen LogP contribution in [0.25, 0.3) is 11.5 Å². The summed E-state index contributed by atoms with van der Waals surface area (Å²) in [4.78, 5) is 28.3. The van der Waals surface area contributed by atoms with Crippen molar-refractivity contribution in [3.05, 3.63) is 29.6 Å². The predicted molar refractivity (Wildman–Crippen MR) is 132 cm³/mol. The van der Waals surface area contributed by atoms with Gasteiger partial charge in [0, 0.05) is 36.1 Å². The normalized spacial score (nSPS) is 13.0. The van der Waals surface area contributed by atoms with Crippen molar-refractivity contribution < 1.29 is 14.6 Å². The molecule has 0 aromatic carbocycles. The highest BCUT2D eigenvalue weighted by Crippen LogP contribution is 2.31. The smallest absolute Gasteiger partial charge is 0.239 e. The van der Waals surface area contributed by atoms with Gasteiger partial charge in [0.1, 0.15) is 23.9 Å². The number of aryl methyl sites for hydroxylation is 1. The lowest BCUT2D eigenvalue weighted by Crippen LogP contribution is -2.45. The minimum Gasteiger partial charge on any atom is -0.490 e. The van der Waals surface area contributed by atoms with E-state index >= 15 is 0 Å². The molecule has 8 nitrogen and oxygen atoms in total. The molecule has 0 unspecified atom stereocenters. The number of anilines is 1. The van der Waals surface area contributed by atoms with Gasteiger partial charge in [0.2, 0.25) is 5.91 Å². The Morgan fingerprint density at radius 2 is 1.88 bits per heavy atom. The van der Waals surface area contributed by atoms with Crippen molar-refractivity contribution in [3.63, 3.8) is 0 Å². The van der Waals surface area contributed by atoms with Gasteiger partial charge < -0.3 is 20.1 Å². The summed E-state index contributed by atoms with van der Waals surface area (Å²) < 4.78 is 5.69. The monoisotopic (exact) mass is 457 g/mol. The van der Waals surface area contributed by atoms with Gasteiger partial charge in [-0.25, -0.2) is 9.97 Å². The van der Waals surface area contributed by atoms with Crippen LogP contribution in [0.2, 0.25) is 0 Å². The first-order valence-electron chi connectivity index (χ1n) is 11.6. The van der Waals surface area contributed by atoms with Crippen molar-refractivity contribution in [2.24, 2.45) is 0 Å². The van der Waals surface area contributed by atoms with E-state index in [0.717, 1.165) is 36.3 Å². The number of likely N-dealkylation sites (N-methyl/N-ethyl adjacent to an activating group) is 1. The molecule has 0 saturated carbocycles. The van der Waals surface area contributed by atoms with E-state index in [1.165, 1.54) is 0 Å². The molecule has 0 aliphatic heterocycles. The van der Waals surface area contributed by atoms with Gasteiger partial charge in [-0.1, -0.05) is 13.8 Å². The van der Waals surface area contributed by atoms with E-state index in [0.29, 0.717) is 17.3 Å². The Hall–Kier alpha value is -2.74. The first-order chi connectivity index (χ1) is 15.4. The second-order valence-electron chi connectivity index (χ2n) is 9.78. The summed E-state index contributed by atoms with van der Waals surface area (Å²) in [7, 11) is 1.88. The van der Waals surface area contributed by atoms with Crippen LogP contribution >= 0.6 is 0 Å². The Kier molecular flexibility index (Phi) is 8.77. The second-order valence-corrected chi connectivity index (χ2v) is 9.78. The fourth-order valence-corrected chi connectivity index (χ4v) is 3.47. The molecule has 1 aliphatic carbocycles. The Morgan fingerprint density at radius 1 is 1.18 bits per heavy atom. The number of nitrogens with one attached hydrogen (secondary N) is 1. The Morgan fingerprint density at radius 3 is 2.52 bits per heavy atom. The largest absolute Gasteiger partial charge is 0.490 e. The fourth-order valence-electron chi connectivity index (χ4n) is 3.47. The standard InChI is InChI=1S/C23H33N5O3.C2H6/c1-22(2,3)27-19(29)13-28(6)21-16-8-7-9-17(16)25-20(26-21)18-12-15(10-11-24-18)31-14-23(4,5)30;1-2/h10-12,30H,7-9,13-14H2,1-6H3,(H,27,29);1-2H3. The summed E-state index contributed by atoms with van der Waals surface area (Å²) in [5.74, 6) is 1.82.